The highest BCUT2D eigenvalue weighted by molar-refractivity contribution is 7.80. The summed E-state index contributed by atoms with van der Waals surface area (Å²) in [5, 5.41) is 3.88. The van der Waals surface area contributed by atoms with E-state index in [0.717, 1.165) is 17.1 Å². The predicted molar refractivity (Wildman–Crippen MR) is 119 cm³/mol. The van der Waals surface area contributed by atoms with Crippen molar-refractivity contribution in [2.24, 2.45) is 0 Å². The molecule has 4 rings (SSSR count). The number of hydrogen-bond donors (Lipinski definition) is 1. The number of nitrogens with one attached hydrogen (secondary N) is 1. The average Bonchev–Trinajstić information content (AvgIpc) is 3.34. The smallest absolute Gasteiger partial charge is 0.325 e. The maximum atomic E-state index is 12.3. The van der Waals surface area contributed by atoms with Crippen LogP contribution in [0.3, 0.4) is 0 Å². The zero-order valence-electron chi connectivity index (χ0n) is 17.0. The number of hydrogen-bond acceptors (Lipinski definition) is 4. The maximum Gasteiger partial charge on any atom is 0.325 e. The number of aromatic nitrogens is 2. The average molecular weight is 421 g/mol. The third-order valence-electron chi connectivity index (χ3n) is 5.20. The molecule has 0 aliphatic carbocycles. The van der Waals surface area contributed by atoms with E-state index >= 15 is 0 Å². The summed E-state index contributed by atoms with van der Waals surface area (Å²) < 4.78 is 7.33. The molecule has 1 aromatic carbocycles. The molecule has 0 unspecified atom stereocenters. The fourth-order valence-electron chi connectivity index (χ4n) is 3.82. The molecule has 2 atom stereocenters. The number of ether oxygens (including phenoxy) is 1. The van der Waals surface area contributed by atoms with Gasteiger partial charge in [0.05, 0.1) is 24.4 Å². The molecule has 7 heteroatoms. The summed E-state index contributed by atoms with van der Waals surface area (Å²) in [5.41, 5.74) is 4.14. The third kappa shape index (κ3) is 3.93. The highest BCUT2D eigenvalue weighted by atomic mass is 32.1. The van der Waals surface area contributed by atoms with Gasteiger partial charge in [-0.05, 0) is 62.5 Å². The summed E-state index contributed by atoms with van der Waals surface area (Å²) in [6, 6.07) is 17.8. The van der Waals surface area contributed by atoms with Crippen molar-refractivity contribution >= 4 is 23.3 Å². The van der Waals surface area contributed by atoms with Crippen LogP contribution in [0, 0.1) is 6.92 Å². The van der Waals surface area contributed by atoms with Crippen molar-refractivity contribution in [3.8, 4) is 5.69 Å². The quantitative estimate of drug-likeness (QED) is 0.485. The zero-order valence-corrected chi connectivity index (χ0v) is 17.8. The number of benzene rings is 1. The van der Waals surface area contributed by atoms with Gasteiger partial charge in [0.15, 0.2) is 5.11 Å². The monoisotopic (exact) mass is 420 g/mol. The fourth-order valence-corrected chi connectivity index (χ4v) is 4.12. The number of nitrogens with zero attached hydrogens (tertiary/aromatic N) is 3. The summed E-state index contributed by atoms with van der Waals surface area (Å²) in [7, 11) is 0. The van der Waals surface area contributed by atoms with Gasteiger partial charge in [-0.25, -0.2) is 0 Å². The third-order valence-corrected chi connectivity index (χ3v) is 5.55. The Labute approximate surface area is 181 Å². The van der Waals surface area contributed by atoms with E-state index in [2.05, 4.69) is 52.1 Å². The highest BCUT2D eigenvalue weighted by Gasteiger charge is 2.42. The molecule has 0 radical (unpaired) electrons. The molecule has 1 N–H and O–H groups in total. The van der Waals surface area contributed by atoms with Gasteiger partial charge in [-0.15, -0.1) is 0 Å². The van der Waals surface area contributed by atoms with Gasteiger partial charge in [0.25, 0.3) is 0 Å². The summed E-state index contributed by atoms with van der Waals surface area (Å²) in [6.07, 6.45) is 3.80. The van der Waals surface area contributed by atoms with E-state index < -0.39 is 0 Å². The molecule has 0 saturated carbocycles. The van der Waals surface area contributed by atoms with Crippen LogP contribution < -0.4 is 5.32 Å². The van der Waals surface area contributed by atoms with Crippen LogP contribution >= 0.6 is 12.2 Å². The number of thiocarbonyl (C=S) groups is 1. The molecule has 30 heavy (non-hydrogen) atoms. The Morgan fingerprint density at radius 1 is 1.17 bits per heavy atom. The Bertz CT molecular complexity index is 1030. The van der Waals surface area contributed by atoms with Gasteiger partial charge in [-0.2, -0.15) is 0 Å². The SMILES string of the molecule is CCOC(=O)CN1C(=S)N[C@H](c2ccccn2)[C@H]1c1cccn1-c1ccc(C)cc1. The van der Waals surface area contributed by atoms with Crippen molar-refractivity contribution in [2.75, 3.05) is 13.2 Å². The zero-order chi connectivity index (χ0) is 21.1. The predicted octanol–water partition coefficient (Wildman–Crippen LogP) is 3.72. The number of esters is 1. The minimum atomic E-state index is -0.304. The Balaban J connectivity index is 1.77. The highest BCUT2D eigenvalue weighted by Crippen LogP contribution is 2.39. The molecule has 6 nitrogen and oxygen atoms in total. The molecule has 2 aromatic heterocycles. The summed E-state index contributed by atoms with van der Waals surface area (Å²) in [5.74, 6) is -0.304. The van der Waals surface area contributed by atoms with E-state index in [1.807, 2.05) is 35.4 Å². The molecule has 0 bridgehead atoms. The molecule has 0 spiro atoms. The number of pyridine rings is 1. The first kappa shape index (κ1) is 20.1. The lowest BCUT2D eigenvalue weighted by atomic mass is 10.0. The molecule has 1 fully saturated rings. The van der Waals surface area contributed by atoms with Gasteiger partial charge in [-0.1, -0.05) is 23.8 Å². The number of carbonyl (C=O) groups is 1. The van der Waals surface area contributed by atoms with Crippen LogP contribution in [-0.2, 0) is 9.53 Å². The van der Waals surface area contributed by atoms with E-state index in [1.165, 1.54) is 5.56 Å². The van der Waals surface area contributed by atoms with Crippen LogP contribution in [0.1, 0.15) is 36.0 Å². The Kier molecular flexibility index (Phi) is 5.81. The van der Waals surface area contributed by atoms with Crippen molar-refractivity contribution in [1.29, 1.82) is 0 Å². The van der Waals surface area contributed by atoms with Crippen LogP contribution in [0.5, 0.6) is 0 Å². The second-order valence-corrected chi connectivity index (χ2v) is 7.58. The first-order valence-electron chi connectivity index (χ1n) is 9.96. The van der Waals surface area contributed by atoms with Crippen molar-refractivity contribution in [3.05, 3.63) is 83.9 Å². The minimum Gasteiger partial charge on any atom is -0.465 e. The number of rotatable bonds is 6. The van der Waals surface area contributed by atoms with Crippen LogP contribution in [-0.4, -0.2) is 38.7 Å². The molecular formula is C23H24N4O2S. The first-order valence-corrected chi connectivity index (χ1v) is 10.4. The Hall–Kier alpha value is -3.19. The number of carbonyl (C=O) groups excluding carboxylic acids is 1. The second-order valence-electron chi connectivity index (χ2n) is 7.20. The minimum absolute atomic E-state index is 0.0761. The second kappa shape index (κ2) is 8.67. The van der Waals surface area contributed by atoms with Gasteiger partial charge in [0.2, 0.25) is 0 Å². The molecule has 3 heterocycles. The van der Waals surface area contributed by atoms with Gasteiger partial charge in [0.1, 0.15) is 6.54 Å². The van der Waals surface area contributed by atoms with Gasteiger partial charge in [-0.3, -0.25) is 9.78 Å². The standard InChI is InChI=1S/C23H24N4O2S/c1-3-29-20(28)15-27-22(21(25-23(27)30)18-7-4-5-13-24-18)19-8-6-14-26(19)17-11-9-16(2)10-12-17/h4-14,21-22H,3,15H2,1-2H3,(H,25,30)/t21-,22-/m1/s1. The summed E-state index contributed by atoms with van der Waals surface area (Å²) >= 11 is 5.62. The van der Waals surface area contributed by atoms with E-state index in [0.29, 0.717) is 11.7 Å². The topological polar surface area (TPSA) is 59.4 Å². The van der Waals surface area contributed by atoms with Crippen LogP contribution in [0.25, 0.3) is 5.69 Å². The van der Waals surface area contributed by atoms with Crippen LogP contribution in [0.15, 0.2) is 67.0 Å². The van der Waals surface area contributed by atoms with Gasteiger partial charge in [0, 0.05) is 23.8 Å². The van der Waals surface area contributed by atoms with E-state index in [9.17, 15) is 4.79 Å². The summed E-state index contributed by atoms with van der Waals surface area (Å²) in [4.78, 5) is 18.8. The van der Waals surface area contributed by atoms with Gasteiger partial charge >= 0.3 is 5.97 Å². The molecule has 1 saturated heterocycles. The van der Waals surface area contributed by atoms with Gasteiger partial charge < -0.3 is 19.5 Å². The van der Waals surface area contributed by atoms with E-state index in [4.69, 9.17) is 17.0 Å². The molecule has 3 aromatic rings. The Morgan fingerprint density at radius 3 is 2.67 bits per heavy atom. The van der Waals surface area contributed by atoms with Crippen molar-refractivity contribution in [3.63, 3.8) is 0 Å². The van der Waals surface area contributed by atoms with Crippen LogP contribution in [0.4, 0.5) is 0 Å². The summed E-state index contributed by atoms with van der Waals surface area (Å²) in [6.45, 7) is 4.28. The van der Waals surface area contributed by atoms with E-state index in [-0.39, 0.29) is 24.6 Å². The Morgan fingerprint density at radius 2 is 1.97 bits per heavy atom. The van der Waals surface area contributed by atoms with Crippen molar-refractivity contribution in [1.82, 2.24) is 19.8 Å². The fraction of sp³-hybridized carbons (Fsp3) is 0.261. The molecule has 154 valence electrons. The maximum absolute atomic E-state index is 12.3. The lowest BCUT2D eigenvalue weighted by Gasteiger charge is -2.28. The van der Waals surface area contributed by atoms with E-state index in [1.54, 1.807) is 13.1 Å². The molecule has 1 aliphatic rings. The lowest BCUT2D eigenvalue weighted by molar-refractivity contribution is -0.143. The van der Waals surface area contributed by atoms with Crippen LogP contribution in [0.2, 0.25) is 0 Å². The van der Waals surface area contributed by atoms with Crippen molar-refractivity contribution in [2.45, 2.75) is 25.9 Å². The first-order chi connectivity index (χ1) is 14.6. The largest absolute Gasteiger partial charge is 0.465 e. The molecular weight excluding hydrogens is 396 g/mol. The normalized spacial score (nSPS) is 18.3. The number of aryl methyl sites for hydroxylation is 1. The van der Waals surface area contributed by atoms with Crippen molar-refractivity contribution < 1.29 is 9.53 Å². The molecule has 1 aliphatic heterocycles. The molecule has 0 amide bonds. The lowest BCUT2D eigenvalue weighted by Crippen LogP contribution is -2.36.